The molecular formula is C19H21N3O6S. The number of thioether (sulfide) groups is 1. The van der Waals surface area contributed by atoms with E-state index >= 15 is 0 Å². The van der Waals surface area contributed by atoms with Crippen molar-refractivity contribution in [1.29, 1.82) is 0 Å². The van der Waals surface area contributed by atoms with Gasteiger partial charge in [-0.25, -0.2) is 0 Å². The van der Waals surface area contributed by atoms with Crippen LogP contribution < -0.4 is 20.9 Å². The number of nitrogens with one attached hydrogen (secondary N) is 3. The number of hydrogen-bond donors (Lipinski definition) is 3. The largest absolute Gasteiger partial charge is 0.496 e. The molecule has 10 heteroatoms. The number of hydrogen-bond acceptors (Lipinski definition) is 7. The monoisotopic (exact) mass is 419 g/mol. The van der Waals surface area contributed by atoms with Crippen molar-refractivity contribution < 1.29 is 28.3 Å². The molecular weight excluding hydrogens is 398 g/mol. The van der Waals surface area contributed by atoms with E-state index in [2.05, 4.69) is 10.7 Å². The van der Waals surface area contributed by atoms with Gasteiger partial charge in [-0.2, -0.15) is 0 Å². The van der Waals surface area contributed by atoms with E-state index in [1.54, 1.807) is 30.3 Å². The number of carbonyl (C=O) groups is 4. The summed E-state index contributed by atoms with van der Waals surface area (Å²) in [5.41, 5.74) is 5.55. The van der Waals surface area contributed by atoms with E-state index in [0.29, 0.717) is 22.8 Å². The molecule has 154 valence electrons. The summed E-state index contributed by atoms with van der Waals surface area (Å²) in [5.74, 6) is -0.878. The highest BCUT2D eigenvalue weighted by Crippen LogP contribution is 2.24. The van der Waals surface area contributed by atoms with Crippen LogP contribution >= 0.6 is 11.8 Å². The topological polar surface area (TPSA) is 127 Å². The summed E-state index contributed by atoms with van der Waals surface area (Å²) in [6.07, 6.45) is 1.45. The lowest BCUT2D eigenvalue weighted by atomic mass is 10.1. The zero-order valence-electron chi connectivity index (χ0n) is 15.9. The summed E-state index contributed by atoms with van der Waals surface area (Å²) in [6.45, 7) is 1.53. The summed E-state index contributed by atoms with van der Waals surface area (Å²) in [7, 11) is 1.52. The molecule has 29 heavy (non-hydrogen) atoms. The van der Waals surface area contributed by atoms with Gasteiger partial charge in [-0.3, -0.25) is 30.0 Å². The van der Waals surface area contributed by atoms with Crippen molar-refractivity contribution in [2.75, 3.05) is 12.9 Å². The second-order valence-electron chi connectivity index (χ2n) is 5.84. The van der Waals surface area contributed by atoms with Crippen LogP contribution in [-0.4, -0.2) is 36.4 Å². The molecule has 0 fully saturated rings. The van der Waals surface area contributed by atoms with E-state index in [-0.39, 0.29) is 18.1 Å². The molecule has 0 unspecified atom stereocenters. The minimum absolute atomic E-state index is 0.0295. The third-order valence-electron chi connectivity index (χ3n) is 3.70. The first-order chi connectivity index (χ1) is 13.9. The Hall–Kier alpha value is -3.27. The van der Waals surface area contributed by atoms with Crippen LogP contribution in [0.25, 0.3) is 0 Å². The molecule has 3 N–H and O–H groups in total. The van der Waals surface area contributed by atoms with Crippen molar-refractivity contribution >= 4 is 35.3 Å². The van der Waals surface area contributed by atoms with Gasteiger partial charge in [0.2, 0.25) is 5.91 Å². The van der Waals surface area contributed by atoms with Gasteiger partial charge in [0.1, 0.15) is 11.5 Å². The Morgan fingerprint density at radius 1 is 1.10 bits per heavy atom. The fourth-order valence-corrected chi connectivity index (χ4v) is 3.05. The van der Waals surface area contributed by atoms with Gasteiger partial charge >= 0.3 is 11.8 Å². The smallest absolute Gasteiger partial charge is 0.327 e. The zero-order valence-corrected chi connectivity index (χ0v) is 16.8. The van der Waals surface area contributed by atoms with Crippen molar-refractivity contribution in [3.05, 3.63) is 53.5 Å². The number of hydrazine groups is 1. The molecule has 0 saturated carbocycles. The van der Waals surface area contributed by atoms with Gasteiger partial charge in [0, 0.05) is 16.9 Å². The first kappa shape index (κ1) is 22.0. The van der Waals surface area contributed by atoms with Crippen molar-refractivity contribution in [2.24, 2.45) is 0 Å². The summed E-state index contributed by atoms with van der Waals surface area (Å²) in [6, 6.07) is 8.41. The van der Waals surface area contributed by atoms with Gasteiger partial charge in [-0.05, 0) is 37.3 Å². The first-order valence-corrected chi connectivity index (χ1v) is 9.71. The minimum atomic E-state index is -0.995. The third kappa shape index (κ3) is 7.00. The molecule has 0 radical (unpaired) electrons. The number of methoxy groups -OCH3 is 1. The normalized spacial score (nSPS) is 10.1. The third-order valence-corrected chi connectivity index (χ3v) is 4.68. The molecule has 2 rings (SSSR count). The van der Waals surface area contributed by atoms with Crippen LogP contribution in [0.1, 0.15) is 28.6 Å². The van der Waals surface area contributed by atoms with E-state index in [1.165, 1.54) is 32.1 Å². The summed E-state index contributed by atoms with van der Waals surface area (Å²) in [4.78, 5) is 46.7. The molecule has 0 aliphatic rings. The van der Waals surface area contributed by atoms with Crippen LogP contribution in [0.3, 0.4) is 0 Å². The van der Waals surface area contributed by atoms with Gasteiger partial charge in [0.25, 0.3) is 0 Å². The number of rotatable bonds is 8. The number of furan rings is 1. The number of ether oxygens (including phenoxy) is 1. The Morgan fingerprint density at radius 2 is 1.90 bits per heavy atom. The zero-order chi connectivity index (χ0) is 21.2. The molecule has 0 saturated heterocycles. The SMILES string of the molecule is COc1ccc(C(C)=O)cc1CSCC(=O)NNC(=O)C(=O)NCc1ccco1. The number of amides is 3. The Labute approximate surface area is 171 Å². The molecule has 0 aliphatic carbocycles. The standard InChI is InChI=1S/C19H21N3O6S/c1-12(23)13-5-6-16(27-2)14(8-13)10-29-11-17(24)21-22-19(26)18(25)20-9-15-4-3-7-28-15/h3-8H,9-11H2,1-2H3,(H,20,25)(H,21,24)(H,22,26). The number of ketones is 1. The Kier molecular flexibility index (Phi) is 8.28. The van der Waals surface area contributed by atoms with Gasteiger partial charge in [0.15, 0.2) is 5.78 Å². The average molecular weight is 419 g/mol. The van der Waals surface area contributed by atoms with Crippen LogP contribution in [0, 0.1) is 0 Å². The van der Waals surface area contributed by atoms with Crippen LogP contribution in [-0.2, 0) is 26.7 Å². The maximum atomic E-state index is 11.9. The Bertz CT molecular complexity index is 882. The van der Waals surface area contributed by atoms with Crippen molar-refractivity contribution in [3.8, 4) is 5.75 Å². The van der Waals surface area contributed by atoms with E-state index < -0.39 is 17.7 Å². The maximum absolute atomic E-state index is 11.9. The molecule has 0 bridgehead atoms. The molecule has 2 aromatic rings. The van der Waals surface area contributed by atoms with Crippen molar-refractivity contribution in [1.82, 2.24) is 16.2 Å². The van der Waals surface area contributed by atoms with Crippen LogP contribution in [0.5, 0.6) is 5.75 Å². The van der Waals surface area contributed by atoms with E-state index in [9.17, 15) is 19.2 Å². The Morgan fingerprint density at radius 3 is 2.55 bits per heavy atom. The lowest BCUT2D eigenvalue weighted by molar-refractivity contribution is -0.140. The van der Waals surface area contributed by atoms with Gasteiger partial charge < -0.3 is 14.5 Å². The van der Waals surface area contributed by atoms with Crippen molar-refractivity contribution in [2.45, 2.75) is 19.2 Å². The average Bonchev–Trinajstić information content (AvgIpc) is 3.23. The predicted molar refractivity (Wildman–Crippen MR) is 106 cm³/mol. The molecule has 9 nitrogen and oxygen atoms in total. The van der Waals surface area contributed by atoms with Crippen molar-refractivity contribution in [3.63, 3.8) is 0 Å². The highest BCUT2D eigenvalue weighted by atomic mass is 32.2. The summed E-state index contributed by atoms with van der Waals surface area (Å²) >= 11 is 1.27. The summed E-state index contributed by atoms with van der Waals surface area (Å²) in [5, 5.41) is 2.36. The van der Waals surface area contributed by atoms with Gasteiger partial charge in [-0.15, -0.1) is 11.8 Å². The molecule has 1 aromatic carbocycles. The quantitative estimate of drug-likeness (QED) is 0.333. The van der Waals surface area contributed by atoms with Crippen LogP contribution in [0.4, 0.5) is 0 Å². The molecule has 0 spiro atoms. The molecule has 1 heterocycles. The number of benzene rings is 1. The fraction of sp³-hybridized carbons (Fsp3) is 0.263. The van der Waals surface area contributed by atoms with E-state index in [0.717, 1.165) is 5.56 Å². The maximum Gasteiger partial charge on any atom is 0.327 e. The summed E-state index contributed by atoms with van der Waals surface area (Å²) < 4.78 is 10.3. The first-order valence-electron chi connectivity index (χ1n) is 8.55. The van der Waals surface area contributed by atoms with Crippen LogP contribution in [0.15, 0.2) is 41.0 Å². The molecule has 0 atom stereocenters. The molecule has 3 amide bonds. The van der Waals surface area contributed by atoms with Gasteiger partial charge in [-0.1, -0.05) is 0 Å². The van der Waals surface area contributed by atoms with E-state index in [4.69, 9.17) is 9.15 Å². The predicted octanol–water partition coefficient (Wildman–Crippen LogP) is 1.19. The lowest BCUT2D eigenvalue weighted by Crippen LogP contribution is -2.48. The highest BCUT2D eigenvalue weighted by Gasteiger charge is 2.15. The molecule has 0 aliphatic heterocycles. The second kappa shape index (κ2) is 10.9. The Balaban J connectivity index is 1.73. The van der Waals surface area contributed by atoms with Crippen LogP contribution in [0.2, 0.25) is 0 Å². The minimum Gasteiger partial charge on any atom is -0.496 e. The fourth-order valence-electron chi connectivity index (χ4n) is 2.24. The van der Waals surface area contributed by atoms with Gasteiger partial charge in [0.05, 0.1) is 25.7 Å². The highest BCUT2D eigenvalue weighted by molar-refractivity contribution is 7.99. The lowest BCUT2D eigenvalue weighted by Gasteiger charge is -2.10. The number of carbonyl (C=O) groups excluding carboxylic acids is 4. The second-order valence-corrected chi connectivity index (χ2v) is 6.83. The number of Topliss-reactive ketones (excluding diaryl/α,β-unsaturated/α-hetero) is 1. The van der Waals surface area contributed by atoms with E-state index in [1.807, 2.05) is 5.43 Å². The molecule has 1 aromatic heterocycles.